The van der Waals surface area contributed by atoms with Gasteiger partial charge in [-0.05, 0) is 5.92 Å². The fourth-order valence-electron chi connectivity index (χ4n) is 2.38. The Labute approximate surface area is 68.4 Å². The minimum Gasteiger partial charge on any atom is -0.325 e. The molecule has 58 valence electrons. The van der Waals surface area contributed by atoms with Crippen molar-refractivity contribution in [2.75, 3.05) is 26.7 Å². The largest absolute Gasteiger partial charge is 0.325 e. The van der Waals surface area contributed by atoms with E-state index in [1.807, 2.05) is 0 Å². The van der Waals surface area contributed by atoms with Crippen LogP contribution in [0.1, 0.15) is 12.8 Å². The Morgan fingerprint density at radius 3 is 2.20 bits per heavy atom. The number of piperidine rings is 3. The summed E-state index contributed by atoms with van der Waals surface area (Å²) in [5.41, 5.74) is 0. The first-order chi connectivity index (χ1) is 4.70. The number of fused-ring (bicyclic) bond motifs is 3. The highest BCUT2D eigenvalue weighted by Gasteiger charge is 2.41. The van der Waals surface area contributed by atoms with Crippen molar-refractivity contribution in [3.05, 3.63) is 0 Å². The van der Waals surface area contributed by atoms with Crippen LogP contribution in [0, 0.1) is 5.92 Å². The van der Waals surface area contributed by atoms with Gasteiger partial charge in [0.1, 0.15) is 0 Å². The molecule has 2 bridgehead atoms. The Bertz CT molecular complexity index is 138. The minimum atomic E-state index is 0.701. The lowest BCUT2D eigenvalue weighted by Gasteiger charge is -2.49. The zero-order valence-corrected chi connectivity index (χ0v) is 7.48. The zero-order chi connectivity index (χ0) is 7.19. The molecule has 3 saturated heterocycles. The van der Waals surface area contributed by atoms with E-state index in [9.17, 15) is 0 Å². The quantitative estimate of drug-likeness (QED) is 0.397. The fraction of sp³-hybridized carbons (Fsp3) is 1.00. The molecule has 3 rings (SSSR count). The number of thiol groups is 1. The minimum absolute atomic E-state index is 0.701. The van der Waals surface area contributed by atoms with Crippen LogP contribution in [0.2, 0.25) is 0 Å². The molecular weight excluding hydrogens is 142 g/mol. The van der Waals surface area contributed by atoms with E-state index in [1.54, 1.807) is 0 Å². The van der Waals surface area contributed by atoms with Crippen LogP contribution in [0.3, 0.4) is 0 Å². The summed E-state index contributed by atoms with van der Waals surface area (Å²) >= 11 is 4.61. The molecule has 0 N–H and O–H groups in total. The molecule has 0 aromatic heterocycles. The highest BCUT2D eigenvalue weighted by Crippen LogP contribution is 2.34. The van der Waals surface area contributed by atoms with E-state index in [-0.39, 0.29) is 0 Å². The molecule has 0 aromatic carbocycles. The first-order valence-corrected chi connectivity index (χ1v) is 4.73. The van der Waals surface area contributed by atoms with E-state index < -0.39 is 0 Å². The number of hydrogen-bond donors (Lipinski definition) is 1. The second-order valence-corrected chi connectivity index (χ2v) is 4.82. The fourth-order valence-corrected chi connectivity index (χ4v) is 3.07. The number of rotatable bonds is 0. The molecule has 2 heteroatoms. The molecule has 1 nitrogen and oxygen atoms in total. The summed E-state index contributed by atoms with van der Waals surface area (Å²) in [4.78, 5) is 0. The molecule has 0 radical (unpaired) electrons. The van der Waals surface area contributed by atoms with Gasteiger partial charge in [0.2, 0.25) is 0 Å². The molecule has 3 aliphatic heterocycles. The van der Waals surface area contributed by atoms with Crippen molar-refractivity contribution in [3.63, 3.8) is 0 Å². The van der Waals surface area contributed by atoms with E-state index in [4.69, 9.17) is 0 Å². The van der Waals surface area contributed by atoms with Crippen molar-refractivity contribution >= 4 is 12.6 Å². The first kappa shape index (κ1) is 6.99. The lowest BCUT2D eigenvalue weighted by atomic mass is 9.86. The van der Waals surface area contributed by atoms with E-state index in [2.05, 4.69) is 19.7 Å². The average Bonchev–Trinajstić information content (AvgIpc) is 1.87. The average molecular weight is 158 g/mol. The third-order valence-corrected chi connectivity index (χ3v) is 3.84. The third kappa shape index (κ3) is 0.978. The van der Waals surface area contributed by atoms with Crippen molar-refractivity contribution in [2.45, 2.75) is 18.1 Å². The Balaban J connectivity index is 2.14. The molecule has 0 aliphatic carbocycles. The molecule has 0 aromatic rings. The summed E-state index contributed by atoms with van der Waals surface area (Å²) in [7, 11) is 2.37. The molecule has 10 heavy (non-hydrogen) atoms. The molecule has 3 fully saturated rings. The van der Waals surface area contributed by atoms with Crippen molar-refractivity contribution in [1.82, 2.24) is 0 Å². The van der Waals surface area contributed by atoms with Gasteiger partial charge in [-0.1, -0.05) is 0 Å². The molecule has 1 unspecified atom stereocenters. The summed E-state index contributed by atoms with van der Waals surface area (Å²) in [5, 5.41) is 0.701. The van der Waals surface area contributed by atoms with Gasteiger partial charge in [-0.25, -0.2) is 0 Å². The van der Waals surface area contributed by atoms with Gasteiger partial charge in [0.05, 0.1) is 31.9 Å². The van der Waals surface area contributed by atoms with Gasteiger partial charge in [0, 0.05) is 12.8 Å². The maximum Gasteiger partial charge on any atom is 0.0905 e. The molecule has 1 atom stereocenters. The van der Waals surface area contributed by atoms with E-state index in [1.165, 1.54) is 37.0 Å². The lowest BCUT2D eigenvalue weighted by Crippen LogP contribution is -2.59. The van der Waals surface area contributed by atoms with Gasteiger partial charge < -0.3 is 4.48 Å². The molecule has 0 amide bonds. The molecule has 3 aliphatic rings. The van der Waals surface area contributed by atoms with Crippen molar-refractivity contribution in [3.8, 4) is 0 Å². The summed E-state index contributed by atoms with van der Waals surface area (Å²) in [5.74, 6) is 0.947. The summed E-state index contributed by atoms with van der Waals surface area (Å²) in [6.45, 7) is 4.12. The van der Waals surface area contributed by atoms with Crippen LogP contribution < -0.4 is 0 Å². The monoisotopic (exact) mass is 158 g/mol. The normalized spacial score (nSPS) is 53.4. The van der Waals surface area contributed by atoms with Crippen LogP contribution in [0.15, 0.2) is 0 Å². The van der Waals surface area contributed by atoms with Crippen LogP contribution in [0.4, 0.5) is 0 Å². The van der Waals surface area contributed by atoms with Crippen molar-refractivity contribution < 1.29 is 4.48 Å². The molecule has 3 heterocycles. The molecule has 0 saturated carbocycles. The van der Waals surface area contributed by atoms with Crippen LogP contribution in [0.25, 0.3) is 0 Å². The second-order valence-electron chi connectivity index (χ2n) is 4.15. The molecular formula is C8H16NS+. The predicted molar refractivity (Wildman–Crippen MR) is 46.3 cm³/mol. The standard InChI is InChI=1S/C8H15NS/c1-9-4-2-7(3-5-9)8(10)6-9/h7-8H,2-6H2,1H3/p+1. The Kier molecular flexibility index (Phi) is 1.50. The van der Waals surface area contributed by atoms with Crippen LogP contribution in [0.5, 0.6) is 0 Å². The second kappa shape index (κ2) is 2.15. The summed E-state index contributed by atoms with van der Waals surface area (Å²) < 4.78 is 1.30. The Morgan fingerprint density at radius 1 is 1.30 bits per heavy atom. The predicted octanol–water partition coefficient (Wildman–Crippen LogP) is 1.16. The van der Waals surface area contributed by atoms with Gasteiger partial charge in [-0.2, -0.15) is 12.6 Å². The van der Waals surface area contributed by atoms with E-state index in [0.29, 0.717) is 5.25 Å². The van der Waals surface area contributed by atoms with Gasteiger partial charge in [0.25, 0.3) is 0 Å². The highest BCUT2D eigenvalue weighted by molar-refractivity contribution is 7.81. The van der Waals surface area contributed by atoms with Crippen LogP contribution >= 0.6 is 12.6 Å². The van der Waals surface area contributed by atoms with Crippen molar-refractivity contribution in [1.29, 1.82) is 0 Å². The summed E-state index contributed by atoms with van der Waals surface area (Å²) in [6.07, 6.45) is 2.84. The van der Waals surface area contributed by atoms with Crippen molar-refractivity contribution in [2.24, 2.45) is 5.92 Å². The van der Waals surface area contributed by atoms with E-state index >= 15 is 0 Å². The Morgan fingerprint density at radius 2 is 1.90 bits per heavy atom. The smallest absolute Gasteiger partial charge is 0.0905 e. The van der Waals surface area contributed by atoms with Gasteiger partial charge >= 0.3 is 0 Å². The Hall–Kier alpha value is 0.310. The maximum atomic E-state index is 4.61. The van der Waals surface area contributed by atoms with Crippen LogP contribution in [-0.2, 0) is 0 Å². The van der Waals surface area contributed by atoms with Gasteiger partial charge in [-0.3, -0.25) is 0 Å². The topological polar surface area (TPSA) is 0 Å². The third-order valence-electron chi connectivity index (χ3n) is 3.25. The maximum absolute atomic E-state index is 4.61. The lowest BCUT2D eigenvalue weighted by molar-refractivity contribution is -0.923. The van der Waals surface area contributed by atoms with Crippen LogP contribution in [-0.4, -0.2) is 36.4 Å². The highest BCUT2D eigenvalue weighted by atomic mass is 32.1. The zero-order valence-electron chi connectivity index (χ0n) is 6.58. The SMILES string of the molecule is C[N+]12CCC(CC1)C(S)C2. The molecule has 0 spiro atoms. The summed E-state index contributed by atoms with van der Waals surface area (Å²) in [6, 6.07) is 0. The van der Waals surface area contributed by atoms with Gasteiger partial charge in [-0.15, -0.1) is 0 Å². The number of hydrogen-bond acceptors (Lipinski definition) is 1. The van der Waals surface area contributed by atoms with Gasteiger partial charge in [0.15, 0.2) is 0 Å². The first-order valence-electron chi connectivity index (χ1n) is 4.21. The number of nitrogens with zero attached hydrogens (tertiary/aromatic N) is 1. The van der Waals surface area contributed by atoms with E-state index in [0.717, 1.165) is 5.92 Å². The number of quaternary nitrogens is 1.